The molecule has 4 rings (SSSR count). The van der Waals surface area contributed by atoms with Gasteiger partial charge in [-0.05, 0) is 54.4 Å². The summed E-state index contributed by atoms with van der Waals surface area (Å²) in [6.45, 7) is 1.87. The minimum Gasteiger partial charge on any atom is -0.508 e. The molecule has 1 saturated heterocycles. The number of hydrogen-bond acceptors (Lipinski definition) is 5. The van der Waals surface area contributed by atoms with E-state index in [9.17, 15) is 19.8 Å². The standard InChI is InChI=1S/C25H19Cl2NO5/c1-13-4-3-5-16(10-13)28-21(14-6-8-17(29)9-7-14)20(23(31)25(28)32)22(30)18-11-15(26)12-19(27)24(18)33-2/h3-12,21,29-30H,1-2H3/b22-20+. The molecule has 6 nitrogen and oxygen atoms in total. The van der Waals surface area contributed by atoms with Gasteiger partial charge in [-0.2, -0.15) is 0 Å². The molecule has 2 N–H and O–H groups in total. The molecule has 3 aromatic carbocycles. The number of ether oxygens (including phenoxy) is 1. The molecule has 0 aromatic heterocycles. The first-order chi connectivity index (χ1) is 15.7. The highest BCUT2D eigenvalue weighted by atomic mass is 35.5. The Morgan fingerprint density at radius 3 is 2.36 bits per heavy atom. The molecule has 1 amide bonds. The van der Waals surface area contributed by atoms with Crippen LogP contribution in [-0.4, -0.2) is 29.0 Å². The summed E-state index contributed by atoms with van der Waals surface area (Å²) in [7, 11) is 1.37. The lowest BCUT2D eigenvalue weighted by Crippen LogP contribution is -2.29. The molecule has 0 radical (unpaired) electrons. The van der Waals surface area contributed by atoms with Crippen molar-refractivity contribution in [2.45, 2.75) is 13.0 Å². The van der Waals surface area contributed by atoms with Crippen LogP contribution in [0.2, 0.25) is 10.0 Å². The van der Waals surface area contributed by atoms with Crippen LogP contribution in [0, 0.1) is 6.92 Å². The minimum absolute atomic E-state index is 0.0227. The number of aliphatic hydroxyl groups excluding tert-OH is 1. The van der Waals surface area contributed by atoms with Crippen LogP contribution < -0.4 is 9.64 Å². The quantitative estimate of drug-likeness (QED) is 0.284. The van der Waals surface area contributed by atoms with Gasteiger partial charge >= 0.3 is 0 Å². The SMILES string of the molecule is COc1c(Cl)cc(Cl)cc1/C(O)=C1\C(=O)C(=O)N(c2cccc(C)c2)C1c1ccc(O)cc1. The van der Waals surface area contributed by atoms with Crippen LogP contribution in [0.3, 0.4) is 0 Å². The van der Waals surface area contributed by atoms with Crippen LogP contribution >= 0.6 is 23.2 Å². The Bertz CT molecular complexity index is 1300. The topological polar surface area (TPSA) is 87.1 Å². The average molecular weight is 484 g/mol. The summed E-state index contributed by atoms with van der Waals surface area (Å²) in [6, 6.07) is 15.1. The first kappa shape index (κ1) is 22.7. The molecule has 168 valence electrons. The van der Waals surface area contributed by atoms with Crippen LogP contribution in [0.25, 0.3) is 5.76 Å². The number of aliphatic hydroxyl groups is 1. The van der Waals surface area contributed by atoms with Crippen LogP contribution in [-0.2, 0) is 9.59 Å². The van der Waals surface area contributed by atoms with E-state index < -0.39 is 23.5 Å². The fourth-order valence-electron chi connectivity index (χ4n) is 3.94. The van der Waals surface area contributed by atoms with E-state index >= 15 is 0 Å². The van der Waals surface area contributed by atoms with Gasteiger partial charge in [0.15, 0.2) is 0 Å². The number of phenols is 1. The molecule has 8 heteroatoms. The van der Waals surface area contributed by atoms with Crippen molar-refractivity contribution >= 4 is 46.3 Å². The number of aromatic hydroxyl groups is 1. The number of hydrogen-bond donors (Lipinski definition) is 2. The molecule has 1 atom stereocenters. The van der Waals surface area contributed by atoms with E-state index in [0.29, 0.717) is 11.3 Å². The highest BCUT2D eigenvalue weighted by Gasteiger charge is 2.47. The second kappa shape index (κ2) is 8.81. The molecule has 0 spiro atoms. The van der Waals surface area contributed by atoms with E-state index in [1.54, 1.807) is 30.3 Å². The van der Waals surface area contributed by atoms with Gasteiger partial charge in [-0.25, -0.2) is 0 Å². The molecule has 1 heterocycles. The zero-order chi connectivity index (χ0) is 23.9. The third kappa shape index (κ3) is 4.03. The average Bonchev–Trinajstić information content (AvgIpc) is 3.04. The molecule has 3 aromatic rings. The van der Waals surface area contributed by atoms with Gasteiger partial charge in [-0.15, -0.1) is 0 Å². The highest BCUT2D eigenvalue weighted by molar-refractivity contribution is 6.52. The molecule has 1 unspecified atom stereocenters. The number of benzene rings is 3. The summed E-state index contributed by atoms with van der Waals surface area (Å²) in [6.07, 6.45) is 0. The van der Waals surface area contributed by atoms with Crippen molar-refractivity contribution in [3.05, 3.63) is 93.0 Å². The van der Waals surface area contributed by atoms with Crippen molar-refractivity contribution < 1.29 is 24.5 Å². The van der Waals surface area contributed by atoms with E-state index in [4.69, 9.17) is 27.9 Å². The minimum atomic E-state index is -0.963. The molecule has 1 aliphatic rings. The number of nitrogens with zero attached hydrogens (tertiary/aromatic N) is 1. The normalized spacial score (nSPS) is 17.5. The van der Waals surface area contributed by atoms with Crippen LogP contribution in [0.5, 0.6) is 11.5 Å². The lowest BCUT2D eigenvalue weighted by Gasteiger charge is -2.26. The predicted molar refractivity (Wildman–Crippen MR) is 127 cm³/mol. The number of ketones is 1. The maximum atomic E-state index is 13.2. The van der Waals surface area contributed by atoms with Crippen molar-refractivity contribution in [3.63, 3.8) is 0 Å². The van der Waals surface area contributed by atoms with Gasteiger partial charge < -0.3 is 14.9 Å². The molecule has 1 aliphatic heterocycles. The maximum Gasteiger partial charge on any atom is 0.300 e. The number of rotatable bonds is 4. The summed E-state index contributed by atoms with van der Waals surface area (Å²) >= 11 is 12.4. The largest absolute Gasteiger partial charge is 0.508 e. The van der Waals surface area contributed by atoms with Gasteiger partial charge in [0.25, 0.3) is 11.7 Å². The Hall–Kier alpha value is -3.48. The van der Waals surface area contributed by atoms with E-state index in [1.807, 2.05) is 13.0 Å². The highest BCUT2D eigenvalue weighted by Crippen LogP contribution is 2.45. The summed E-state index contributed by atoms with van der Waals surface area (Å²) in [5.41, 5.74) is 1.83. The first-order valence-electron chi connectivity index (χ1n) is 9.93. The molecular formula is C25H19Cl2NO5. The Kier molecular flexibility index (Phi) is 6.06. The van der Waals surface area contributed by atoms with Crippen molar-refractivity contribution in [3.8, 4) is 11.5 Å². The molecule has 0 aliphatic carbocycles. The zero-order valence-electron chi connectivity index (χ0n) is 17.7. The monoisotopic (exact) mass is 483 g/mol. The first-order valence-corrected chi connectivity index (χ1v) is 10.7. The Morgan fingerprint density at radius 1 is 1.03 bits per heavy atom. The fraction of sp³-hybridized carbons (Fsp3) is 0.120. The lowest BCUT2D eigenvalue weighted by molar-refractivity contribution is -0.132. The van der Waals surface area contributed by atoms with Crippen molar-refractivity contribution in [2.75, 3.05) is 12.0 Å². The summed E-state index contributed by atoms with van der Waals surface area (Å²) in [5.74, 6) is -2.00. The van der Waals surface area contributed by atoms with Crippen molar-refractivity contribution in [1.29, 1.82) is 0 Å². The maximum absolute atomic E-state index is 13.2. The lowest BCUT2D eigenvalue weighted by atomic mass is 9.94. The number of aryl methyl sites for hydroxylation is 1. The summed E-state index contributed by atoms with van der Waals surface area (Å²) in [5, 5.41) is 21.4. The zero-order valence-corrected chi connectivity index (χ0v) is 19.2. The number of halogens is 2. The van der Waals surface area contributed by atoms with Gasteiger partial charge in [0.1, 0.15) is 17.3 Å². The second-order valence-corrected chi connectivity index (χ2v) is 8.41. The second-order valence-electron chi connectivity index (χ2n) is 7.57. The van der Waals surface area contributed by atoms with Crippen LogP contribution in [0.4, 0.5) is 5.69 Å². The molecule has 0 saturated carbocycles. The van der Waals surface area contributed by atoms with E-state index in [2.05, 4.69) is 0 Å². The summed E-state index contributed by atoms with van der Waals surface area (Å²) < 4.78 is 5.33. The number of methoxy groups -OCH3 is 1. The predicted octanol–water partition coefficient (Wildman–Crippen LogP) is 5.64. The third-order valence-electron chi connectivity index (χ3n) is 5.40. The summed E-state index contributed by atoms with van der Waals surface area (Å²) in [4.78, 5) is 27.8. The molecule has 0 bridgehead atoms. The van der Waals surface area contributed by atoms with E-state index in [1.165, 1.54) is 36.3 Å². The van der Waals surface area contributed by atoms with Crippen LogP contribution in [0.15, 0.2) is 66.2 Å². The van der Waals surface area contributed by atoms with E-state index in [-0.39, 0.29) is 32.7 Å². The molecule has 33 heavy (non-hydrogen) atoms. The number of carbonyl (C=O) groups excluding carboxylic acids is 2. The van der Waals surface area contributed by atoms with Crippen molar-refractivity contribution in [2.24, 2.45) is 0 Å². The molecule has 1 fully saturated rings. The Balaban J connectivity index is 2.01. The van der Waals surface area contributed by atoms with Gasteiger partial charge in [-0.3, -0.25) is 14.5 Å². The number of anilines is 1. The smallest absolute Gasteiger partial charge is 0.300 e. The van der Waals surface area contributed by atoms with Gasteiger partial charge in [-0.1, -0.05) is 47.5 Å². The Morgan fingerprint density at radius 2 is 1.73 bits per heavy atom. The van der Waals surface area contributed by atoms with Gasteiger partial charge in [0.05, 0.1) is 29.3 Å². The van der Waals surface area contributed by atoms with Gasteiger partial charge in [0.2, 0.25) is 0 Å². The number of Topliss-reactive ketones (excluding diaryl/α,β-unsaturated/α-hetero) is 1. The van der Waals surface area contributed by atoms with Gasteiger partial charge in [0, 0.05) is 10.7 Å². The fourth-order valence-corrected chi connectivity index (χ4v) is 4.51. The van der Waals surface area contributed by atoms with Crippen molar-refractivity contribution in [1.82, 2.24) is 0 Å². The third-order valence-corrected chi connectivity index (χ3v) is 5.90. The number of amides is 1. The number of carbonyl (C=O) groups is 2. The Labute approximate surface area is 200 Å². The molecular weight excluding hydrogens is 465 g/mol. The van der Waals surface area contributed by atoms with E-state index in [0.717, 1.165) is 5.56 Å². The number of phenolic OH excluding ortho intramolecular Hbond substituents is 1. The van der Waals surface area contributed by atoms with Crippen LogP contribution in [0.1, 0.15) is 22.7 Å².